The first-order valence-electron chi connectivity index (χ1n) is 7.44. The predicted molar refractivity (Wildman–Crippen MR) is 91.9 cm³/mol. The quantitative estimate of drug-likeness (QED) is 0.870. The summed E-state index contributed by atoms with van der Waals surface area (Å²) in [6.45, 7) is 6.36. The van der Waals surface area contributed by atoms with Gasteiger partial charge in [0.2, 0.25) is 0 Å². The van der Waals surface area contributed by atoms with Crippen LogP contribution in [0.1, 0.15) is 54.0 Å². The van der Waals surface area contributed by atoms with Crippen LogP contribution in [0.2, 0.25) is 0 Å². The third-order valence-electron chi connectivity index (χ3n) is 3.61. The Hall–Kier alpha value is -2.14. The van der Waals surface area contributed by atoms with Gasteiger partial charge < -0.3 is 10.4 Å². The van der Waals surface area contributed by atoms with E-state index in [1.165, 1.54) is 16.9 Å². The molecule has 1 heterocycles. The van der Waals surface area contributed by atoms with Gasteiger partial charge in [-0.1, -0.05) is 51.1 Å². The monoisotopic (exact) mass is 331 g/mol. The van der Waals surface area contributed by atoms with Crippen LogP contribution in [0, 0.1) is 0 Å². The third-order valence-corrected chi connectivity index (χ3v) is 4.48. The van der Waals surface area contributed by atoms with E-state index >= 15 is 0 Å². The lowest BCUT2D eigenvalue weighted by Gasteiger charge is -2.21. The van der Waals surface area contributed by atoms with E-state index in [4.69, 9.17) is 5.11 Å². The second-order valence-electron chi connectivity index (χ2n) is 6.47. The first kappa shape index (κ1) is 17.2. The third kappa shape index (κ3) is 4.66. The van der Waals surface area contributed by atoms with Crippen LogP contribution in [0.25, 0.3) is 0 Å². The van der Waals surface area contributed by atoms with Gasteiger partial charge in [-0.25, -0.2) is 0 Å². The van der Waals surface area contributed by atoms with Crippen molar-refractivity contribution in [2.24, 2.45) is 0 Å². The van der Waals surface area contributed by atoms with Crippen molar-refractivity contribution in [1.29, 1.82) is 0 Å². The molecule has 1 amide bonds. The zero-order valence-electron chi connectivity index (χ0n) is 13.5. The molecule has 0 saturated carbocycles. The Labute approximate surface area is 140 Å². The van der Waals surface area contributed by atoms with E-state index < -0.39 is 12.0 Å². The second kappa shape index (κ2) is 6.96. The molecule has 0 saturated heterocycles. The molecule has 0 unspecified atom stereocenters. The van der Waals surface area contributed by atoms with Crippen LogP contribution < -0.4 is 5.32 Å². The molecule has 2 rings (SSSR count). The van der Waals surface area contributed by atoms with E-state index in [1.807, 2.05) is 29.6 Å². The van der Waals surface area contributed by atoms with Gasteiger partial charge in [0, 0.05) is 0 Å². The molecular formula is C18H21NO3S. The number of aliphatic carboxylic acids is 1. The molecule has 0 spiro atoms. The number of benzene rings is 1. The number of rotatable bonds is 5. The van der Waals surface area contributed by atoms with E-state index in [-0.39, 0.29) is 17.7 Å². The minimum absolute atomic E-state index is 0.0288. The molecule has 122 valence electrons. The fourth-order valence-electron chi connectivity index (χ4n) is 2.28. The van der Waals surface area contributed by atoms with Gasteiger partial charge in [-0.3, -0.25) is 9.59 Å². The maximum Gasteiger partial charge on any atom is 0.305 e. The Bertz CT molecular complexity index is 669. The van der Waals surface area contributed by atoms with E-state index in [0.717, 1.165) is 5.56 Å². The summed E-state index contributed by atoms with van der Waals surface area (Å²) in [4.78, 5) is 23.9. The number of carboxylic acids is 1. The van der Waals surface area contributed by atoms with Crippen molar-refractivity contribution in [2.75, 3.05) is 0 Å². The number of hydrogen-bond acceptors (Lipinski definition) is 3. The predicted octanol–water partition coefficient (Wildman–Crippen LogP) is 3.99. The van der Waals surface area contributed by atoms with Crippen molar-refractivity contribution in [1.82, 2.24) is 5.32 Å². The maximum absolute atomic E-state index is 12.2. The first-order valence-corrected chi connectivity index (χ1v) is 8.32. The smallest absolute Gasteiger partial charge is 0.305 e. The highest BCUT2D eigenvalue weighted by Crippen LogP contribution is 2.25. The standard InChI is InChI=1S/C18H21NO3S/c1-18(2,3)13-8-6-12(7-9-13)14(11-16(20)21)19-17(22)15-5-4-10-23-15/h4-10,14H,11H2,1-3H3,(H,19,22)(H,20,21)/t14-/m1/s1. The van der Waals surface area contributed by atoms with Gasteiger partial charge in [0.15, 0.2) is 0 Å². The summed E-state index contributed by atoms with van der Waals surface area (Å²) in [5, 5.41) is 13.8. The summed E-state index contributed by atoms with van der Waals surface area (Å²) in [5.41, 5.74) is 1.99. The van der Waals surface area contributed by atoms with Crippen molar-refractivity contribution < 1.29 is 14.7 Å². The summed E-state index contributed by atoms with van der Waals surface area (Å²) >= 11 is 1.33. The lowest BCUT2D eigenvalue weighted by Crippen LogP contribution is -2.29. The molecule has 0 aliphatic heterocycles. The lowest BCUT2D eigenvalue weighted by molar-refractivity contribution is -0.137. The maximum atomic E-state index is 12.2. The molecule has 0 aliphatic rings. The molecule has 23 heavy (non-hydrogen) atoms. The summed E-state index contributed by atoms with van der Waals surface area (Å²) in [6.07, 6.45) is -0.147. The number of hydrogen-bond donors (Lipinski definition) is 2. The molecule has 4 nitrogen and oxygen atoms in total. The van der Waals surface area contributed by atoms with Crippen molar-refractivity contribution in [2.45, 2.75) is 38.6 Å². The second-order valence-corrected chi connectivity index (χ2v) is 7.42. The van der Waals surface area contributed by atoms with Crippen LogP contribution in [0.4, 0.5) is 0 Å². The van der Waals surface area contributed by atoms with Gasteiger partial charge in [-0.15, -0.1) is 11.3 Å². The van der Waals surface area contributed by atoms with Gasteiger partial charge in [0.25, 0.3) is 5.91 Å². The van der Waals surface area contributed by atoms with Gasteiger partial charge in [-0.05, 0) is 28.0 Å². The highest BCUT2D eigenvalue weighted by Gasteiger charge is 2.20. The SMILES string of the molecule is CC(C)(C)c1ccc([C@@H](CC(=O)O)NC(=O)c2cccs2)cc1. The first-order chi connectivity index (χ1) is 10.8. The van der Waals surface area contributed by atoms with Gasteiger partial charge in [-0.2, -0.15) is 0 Å². The molecular weight excluding hydrogens is 310 g/mol. The highest BCUT2D eigenvalue weighted by atomic mass is 32.1. The number of nitrogens with one attached hydrogen (secondary N) is 1. The van der Waals surface area contributed by atoms with Crippen LogP contribution in [0.15, 0.2) is 41.8 Å². The van der Waals surface area contributed by atoms with Crippen molar-refractivity contribution in [3.8, 4) is 0 Å². The molecule has 2 aromatic rings. The molecule has 0 radical (unpaired) electrons. The topological polar surface area (TPSA) is 66.4 Å². The van der Waals surface area contributed by atoms with Gasteiger partial charge in [0.1, 0.15) is 0 Å². The van der Waals surface area contributed by atoms with E-state index in [1.54, 1.807) is 12.1 Å². The fourth-order valence-corrected chi connectivity index (χ4v) is 2.91. The van der Waals surface area contributed by atoms with Crippen LogP contribution in [-0.2, 0) is 10.2 Å². The van der Waals surface area contributed by atoms with Crippen LogP contribution in [0.3, 0.4) is 0 Å². The Kier molecular flexibility index (Phi) is 5.21. The molecule has 0 bridgehead atoms. The molecule has 1 atom stereocenters. The van der Waals surface area contributed by atoms with Crippen LogP contribution in [-0.4, -0.2) is 17.0 Å². The lowest BCUT2D eigenvalue weighted by atomic mass is 9.86. The Balaban J connectivity index is 2.21. The molecule has 2 N–H and O–H groups in total. The molecule has 1 aromatic heterocycles. The highest BCUT2D eigenvalue weighted by molar-refractivity contribution is 7.12. The van der Waals surface area contributed by atoms with Gasteiger partial charge in [0.05, 0.1) is 17.3 Å². The minimum Gasteiger partial charge on any atom is -0.481 e. The van der Waals surface area contributed by atoms with Crippen LogP contribution in [0.5, 0.6) is 0 Å². The van der Waals surface area contributed by atoms with E-state index in [2.05, 4.69) is 26.1 Å². The average molecular weight is 331 g/mol. The van der Waals surface area contributed by atoms with Crippen molar-refractivity contribution in [3.63, 3.8) is 0 Å². The van der Waals surface area contributed by atoms with Crippen molar-refractivity contribution in [3.05, 3.63) is 57.8 Å². The molecule has 5 heteroatoms. The zero-order valence-corrected chi connectivity index (χ0v) is 14.3. The summed E-state index contributed by atoms with van der Waals surface area (Å²) < 4.78 is 0. The summed E-state index contributed by atoms with van der Waals surface area (Å²) in [6, 6.07) is 10.7. The Morgan fingerprint density at radius 1 is 1.17 bits per heavy atom. The number of amides is 1. The molecule has 1 aromatic carbocycles. The number of thiophene rings is 1. The summed E-state index contributed by atoms with van der Waals surface area (Å²) in [5.74, 6) is -1.19. The Morgan fingerprint density at radius 3 is 2.30 bits per heavy atom. The van der Waals surface area contributed by atoms with Crippen LogP contribution >= 0.6 is 11.3 Å². The molecule has 0 fully saturated rings. The Morgan fingerprint density at radius 2 is 1.83 bits per heavy atom. The van der Waals surface area contributed by atoms with E-state index in [9.17, 15) is 9.59 Å². The van der Waals surface area contributed by atoms with Gasteiger partial charge >= 0.3 is 5.97 Å². The average Bonchev–Trinajstić information content (AvgIpc) is 2.99. The number of carbonyl (C=O) groups is 2. The van der Waals surface area contributed by atoms with Crippen molar-refractivity contribution >= 4 is 23.2 Å². The van der Waals surface area contributed by atoms with E-state index in [0.29, 0.717) is 4.88 Å². The number of carboxylic acid groups (broad SMARTS) is 1. The minimum atomic E-state index is -0.943. The summed E-state index contributed by atoms with van der Waals surface area (Å²) in [7, 11) is 0. The molecule has 0 aliphatic carbocycles. The largest absolute Gasteiger partial charge is 0.481 e. The normalized spacial score (nSPS) is 12.7. The fraction of sp³-hybridized carbons (Fsp3) is 0.333. The number of carbonyl (C=O) groups excluding carboxylic acids is 1. The zero-order chi connectivity index (χ0) is 17.0.